The summed E-state index contributed by atoms with van der Waals surface area (Å²) in [6.45, 7) is 3.05. The number of rotatable bonds is 7. The molecule has 0 unspecified atom stereocenters. The maximum atomic E-state index is 12.3. The zero-order valence-electron chi connectivity index (χ0n) is 13.9. The van der Waals surface area contributed by atoms with Crippen LogP contribution in [-0.2, 0) is 16.0 Å². The molecule has 6 heteroatoms. The standard InChI is InChI=1S/C18H24N2O4/c1-2-23-16-5-3-4-15-18(16)12(9-19-15)8-17(22)20-10-13-6-7-14(11-21)24-13/h3-5,9,13-14,19,21H,2,6-8,10-11H2,1H3,(H,20,22)/t13-,14+/m1/s1. The summed E-state index contributed by atoms with van der Waals surface area (Å²) in [5.41, 5.74) is 1.89. The van der Waals surface area contributed by atoms with Crippen molar-refractivity contribution in [1.82, 2.24) is 10.3 Å². The van der Waals surface area contributed by atoms with E-state index in [4.69, 9.17) is 14.6 Å². The number of aliphatic hydroxyl groups is 1. The van der Waals surface area contributed by atoms with Gasteiger partial charge in [-0.2, -0.15) is 0 Å². The minimum absolute atomic E-state index is 0.00643. The SMILES string of the molecule is CCOc1cccc2[nH]cc(CC(=O)NC[C@H]3CC[C@@H](CO)O3)c12. The number of amides is 1. The van der Waals surface area contributed by atoms with Crippen LogP contribution < -0.4 is 10.1 Å². The van der Waals surface area contributed by atoms with E-state index in [2.05, 4.69) is 10.3 Å². The average molecular weight is 332 g/mol. The van der Waals surface area contributed by atoms with Crippen LogP contribution in [0.4, 0.5) is 0 Å². The lowest BCUT2D eigenvalue weighted by atomic mass is 10.1. The molecule has 2 atom stereocenters. The van der Waals surface area contributed by atoms with Gasteiger partial charge in [-0.25, -0.2) is 0 Å². The molecule has 0 saturated carbocycles. The maximum Gasteiger partial charge on any atom is 0.224 e. The van der Waals surface area contributed by atoms with Gasteiger partial charge >= 0.3 is 0 Å². The fraction of sp³-hybridized carbons (Fsp3) is 0.500. The Bertz CT molecular complexity index is 697. The highest BCUT2D eigenvalue weighted by molar-refractivity contribution is 5.93. The monoisotopic (exact) mass is 332 g/mol. The van der Waals surface area contributed by atoms with E-state index in [1.54, 1.807) is 0 Å². The fourth-order valence-corrected chi connectivity index (χ4v) is 3.16. The molecule has 6 nitrogen and oxygen atoms in total. The van der Waals surface area contributed by atoms with Gasteiger partial charge in [0.2, 0.25) is 5.91 Å². The van der Waals surface area contributed by atoms with Crippen LogP contribution in [0.2, 0.25) is 0 Å². The third-order valence-electron chi connectivity index (χ3n) is 4.33. The molecule has 1 aliphatic rings. The Morgan fingerprint density at radius 1 is 1.42 bits per heavy atom. The number of nitrogens with one attached hydrogen (secondary N) is 2. The van der Waals surface area contributed by atoms with Gasteiger partial charge in [0.05, 0.1) is 31.8 Å². The Morgan fingerprint density at radius 3 is 3.00 bits per heavy atom. The summed E-state index contributed by atoms with van der Waals surface area (Å²) in [5.74, 6) is 0.752. The maximum absolute atomic E-state index is 12.3. The molecule has 1 fully saturated rings. The first-order valence-corrected chi connectivity index (χ1v) is 8.46. The van der Waals surface area contributed by atoms with Gasteiger partial charge in [-0.3, -0.25) is 4.79 Å². The number of fused-ring (bicyclic) bond motifs is 1. The van der Waals surface area contributed by atoms with Crippen LogP contribution in [0.5, 0.6) is 5.75 Å². The summed E-state index contributed by atoms with van der Waals surface area (Å²) in [5, 5.41) is 13.0. The third-order valence-corrected chi connectivity index (χ3v) is 4.33. The lowest BCUT2D eigenvalue weighted by Crippen LogP contribution is -2.33. The Morgan fingerprint density at radius 2 is 2.25 bits per heavy atom. The molecule has 1 aliphatic heterocycles. The summed E-state index contributed by atoms with van der Waals surface area (Å²) >= 11 is 0. The van der Waals surface area contributed by atoms with E-state index in [0.717, 1.165) is 35.1 Å². The highest BCUT2D eigenvalue weighted by Crippen LogP contribution is 2.29. The number of aromatic amines is 1. The van der Waals surface area contributed by atoms with Gasteiger partial charge in [0.25, 0.3) is 0 Å². The highest BCUT2D eigenvalue weighted by atomic mass is 16.5. The Labute approximate surface area is 141 Å². The number of ether oxygens (including phenoxy) is 2. The first-order valence-electron chi connectivity index (χ1n) is 8.46. The van der Waals surface area contributed by atoms with Crippen LogP contribution in [0.3, 0.4) is 0 Å². The van der Waals surface area contributed by atoms with Crippen LogP contribution in [0.1, 0.15) is 25.3 Å². The first kappa shape index (κ1) is 16.8. The molecule has 3 N–H and O–H groups in total. The molecule has 1 aromatic carbocycles. The molecule has 0 radical (unpaired) electrons. The number of aromatic nitrogens is 1. The van der Waals surface area contributed by atoms with Crippen LogP contribution in [0.25, 0.3) is 10.9 Å². The van der Waals surface area contributed by atoms with Gasteiger partial charge in [0.1, 0.15) is 5.75 Å². The van der Waals surface area contributed by atoms with Crippen LogP contribution in [0, 0.1) is 0 Å². The molecule has 24 heavy (non-hydrogen) atoms. The van der Waals surface area contributed by atoms with Crippen molar-refractivity contribution in [1.29, 1.82) is 0 Å². The predicted octanol–water partition coefficient (Wildman–Crippen LogP) is 1.77. The van der Waals surface area contributed by atoms with Crippen LogP contribution in [-0.4, -0.2) is 48.0 Å². The molecule has 0 aliphatic carbocycles. The third kappa shape index (κ3) is 3.71. The lowest BCUT2D eigenvalue weighted by Gasteiger charge is -2.13. The highest BCUT2D eigenvalue weighted by Gasteiger charge is 2.24. The number of H-pyrrole nitrogens is 1. The summed E-state index contributed by atoms with van der Waals surface area (Å²) in [7, 11) is 0. The van der Waals surface area contributed by atoms with Crippen molar-refractivity contribution in [2.75, 3.05) is 19.8 Å². The van der Waals surface area contributed by atoms with Gasteiger partial charge in [-0.1, -0.05) is 6.07 Å². The molecule has 1 saturated heterocycles. The Hall–Kier alpha value is -2.05. The summed E-state index contributed by atoms with van der Waals surface area (Å²) < 4.78 is 11.3. The minimum Gasteiger partial charge on any atom is -0.493 e. The smallest absolute Gasteiger partial charge is 0.224 e. The topological polar surface area (TPSA) is 83.6 Å². The zero-order chi connectivity index (χ0) is 16.9. The number of hydrogen-bond donors (Lipinski definition) is 3. The van der Waals surface area contributed by atoms with Crippen molar-refractivity contribution in [3.63, 3.8) is 0 Å². The molecular formula is C18H24N2O4. The van der Waals surface area contributed by atoms with Crippen molar-refractivity contribution in [3.05, 3.63) is 30.0 Å². The molecular weight excluding hydrogens is 308 g/mol. The molecule has 130 valence electrons. The molecule has 1 aromatic heterocycles. The van der Waals surface area contributed by atoms with Crippen LogP contribution >= 0.6 is 0 Å². The largest absolute Gasteiger partial charge is 0.493 e. The van der Waals surface area contributed by atoms with Crippen molar-refractivity contribution >= 4 is 16.8 Å². The van der Waals surface area contributed by atoms with Gasteiger partial charge in [0.15, 0.2) is 0 Å². The Balaban J connectivity index is 1.61. The van der Waals surface area contributed by atoms with Crippen molar-refractivity contribution in [2.45, 2.75) is 38.4 Å². The van der Waals surface area contributed by atoms with Gasteiger partial charge < -0.3 is 24.9 Å². The number of hydrogen-bond acceptors (Lipinski definition) is 4. The van der Waals surface area contributed by atoms with Crippen molar-refractivity contribution in [2.24, 2.45) is 0 Å². The van der Waals surface area contributed by atoms with E-state index in [0.29, 0.717) is 19.6 Å². The molecule has 0 bridgehead atoms. The molecule has 0 spiro atoms. The second-order valence-electron chi connectivity index (χ2n) is 6.05. The molecule has 2 heterocycles. The summed E-state index contributed by atoms with van der Waals surface area (Å²) in [4.78, 5) is 15.5. The zero-order valence-corrected chi connectivity index (χ0v) is 13.9. The summed E-state index contributed by atoms with van der Waals surface area (Å²) in [6, 6.07) is 5.83. The van der Waals surface area contributed by atoms with E-state index in [-0.39, 0.29) is 24.7 Å². The normalized spacial score (nSPS) is 20.4. The van der Waals surface area contributed by atoms with Gasteiger partial charge in [-0.05, 0) is 37.5 Å². The lowest BCUT2D eigenvalue weighted by molar-refractivity contribution is -0.121. The quantitative estimate of drug-likeness (QED) is 0.721. The predicted molar refractivity (Wildman–Crippen MR) is 91.2 cm³/mol. The van der Waals surface area contributed by atoms with Crippen molar-refractivity contribution < 1.29 is 19.4 Å². The Kier molecular flexibility index (Phi) is 5.37. The van der Waals surface area contributed by atoms with E-state index >= 15 is 0 Å². The number of carbonyl (C=O) groups excluding carboxylic acids is 1. The first-order chi connectivity index (χ1) is 11.7. The van der Waals surface area contributed by atoms with E-state index < -0.39 is 0 Å². The molecule has 3 rings (SSSR count). The number of carbonyl (C=O) groups is 1. The van der Waals surface area contributed by atoms with Gasteiger partial charge in [-0.15, -0.1) is 0 Å². The van der Waals surface area contributed by atoms with Crippen molar-refractivity contribution in [3.8, 4) is 5.75 Å². The summed E-state index contributed by atoms with van der Waals surface area (Å²) in [6.07, 6.45) is 3.77. The van der Waals surface area contributed by atoms with E-state index in [1.807, 2.05) is 31.3 Å². The number of aliphatic hydroxyl groups excluding tert-OH is 1. The number of benzene rings is 1. The van der Waals surface area contributed by atoms with E-state index in [9.17, 15) is 4.79 Å². The fourth-order valence-electron chi connectivity index (χ4n) is 3.16. The van der Waals surface area contributed by atoms with E-state index in [1.165, 1.54) is 0 Å². The molecule has 2 aromatic rings. The second kappa shape index (κ2) is 7.68. The minimum atomic E-state index is -0.0886. The molecule has 1 amide bonds. The second-order valence-corrected chi connectivity index (χ2v) is 6.05. The van der Waals surface area contributed by atoms with Crippen LogP contribution in [0.15, 0.2) is 24.4 Å². The average Bonchev–Trinajstić information content (AvgIpc) is 3.21. The van der Waals surface area contributed by atoms with Gasteiger partial charge in [0, 0.05) is 23.6 Å².